The third kappa shape index (κ3) is 3.61. The summed E-state index contributed by atoms with van der Waals surface area (Å²) < 4.78 is 4.67. The van der Waals surface area contributed by atoms with Crippen molar-refractivity contribution in [3.05, 3.63) is 29.8 Å². The van der Waals surface area contributed by atoms with Gasteiger partial charge < -0.3 is 10.5 Å². The highest BCUT2D eigenvalue weighted by Gasteiger charge is 2.00. The maximum absolute atomic E-state index is 11.0. The van der Waals surface area contributed by atoms with E-state index in [0.717, 1.165) is 5.56 Å². The van der Waals surface area contributed by atoms with Crippen LogP contribution in [0.5, 0.6) is 0 Å². The van der Waals surface area contributed by atoms with Crippen LogP contribution in [0.15, 0.2) is 29.4 Å². The van der Waals surface area contributed by atoms with Crippen LogP contribution in [0.25, 0.3) is 0 Å². The minimum atomic E-state index is -0.558. The average Bonchev–Trinajstić information content (AvgIpc) is 2.27. The number of nitrogens with zero attached hydrogens (tertiary/aromatic N) is 1. The summed E-state index contributed by atoms with van der Waals surface area (Å²) in [7, 11) is 0. The molecule has 1 aromatic rings. The summed E-state index contributed by atoms with van der Waals surface area (Å²) in [4.78, 5) is 11.0. The van der Waals surface area contributed by atoms with Crippen LogP contribution < -0.4 is 11.2 Å². The van der Waals surface area contributed by atoms with Gasteiger partial charge in [0.2, 0.25) is 0 Å². The first-order valence-corrected chi connectivity index (χ1v) is 4.96. The average molecular weight is 221 g/mol. The van der Waals surface area contributed by atoms with Crippen molar-refractivity contribution in [2.75, 3.05) is 12.3 Å². The van der Waals surface area contributed by atoms with E-state index in [1.54, 1.807) is 26.0 Å². The normalized spacial score (nSPS) is 11.0. The van der Waals surface area contributed by atoms with Crippen molar-refractivity contribution in [3.8, 4) is 0 Å². The molecule has 0 fully saturated rings. The largest absolute Gasteiger partial charge is 0.449 e. The highest BCUT2D eigenvalue weighted by molar-refractivity contribution is 5.99. The molecule has 0 heterocycles. The third-order valence-electron chi connectivity index (χ3n) is 1.92. The molecule has 0 unspecified atom stereocenters. The van der Waals surface area contributed by atoms with Gasteiger partial charge in [-0.15, -0.1) is 0 Å². The number of nitrogen functional groups attached to an aromatic ring is 1. The number of hydrogen-bond donors (Lipinski definition) is 2. The van der Waals surface area contributed by atoms with E-state index in [1.807, 2.05) is 12.1 Å². The fourth-order valence-corrected chi connectivity index (χ4v) is 1.08. The lowest BCUT2D eigenvalue weighted by molar-refractivity contribution is 0.152. The van der Waals surface area contributed by atoms with Crippen molar-refractivity contribution < 1.29 is 9.53 Å². The molecule has 86 valence electrons. The monoisotopic (exact) mass is 221 g/mol. The zero-order valence-electron chi connectivity index (χ0n) is 9.36. The molecule has 5 heteroatoms. The lowest BCUT2D eigenvalue weighted by Crippen LogP contribution is -2.20. The highest BCUT2D eigenvalue weighted by Crippen LogP contribution is 2.06. The number of amides is 1. The second-order valence-corrected chi connectivity index (χ2v) is 3.15. The standard InChI is InChI=1S/C11H15N3O2/c1-3-16-11(15)14-13-8(2)9-4-6-10(12)7-5-9/h4-7H,3,12H2,1-2H3,(H,14,15). The van der Waals surface area contributed by atoms with Crippen LogP contribution >= 0.6 is 0 Å². The first-order valence-electron chi connectivity index (χ1n) is 4.96. The number of hydrogen-bond acceptors (Lipinski definition) is 4. The van der Waals surface area contributed by atoms with Crippen molar-refractivity contribution >= 4 is 17.5 Å². The minimum absolute atomic E-state index is 0.322. The maximum atomic E-state index is 11.0. The molecule has 0 spiro atoms. The Bertz CT molecular complexity index is 385. The minimum Gasteiger partial charge on any atom is -0.449 e. The molecule has 0 bridgehead atoms. The molecule has 1 rings (SSSR count). The first-order chi connectivity index (χ1) is 7.63. The predicted molar refractivity (Wildman–Crippen MR) is 63.2 cm³/mol. The number of rotatable bonds is 3. The van der Waals surface area contributed by atoms with Gasteiger partial charge in [0.15, 0.2) is 0 Å². The summed E-state index contributed by atoms with van der Waals surface area (Å²) in [6, 6.07) is 7.22. The molecule has 3 N–H and O–H groups in total. The van der Waals surface area contributed by atoms with Gasteiger partial charge in [-0.1, -0.05) is 12.1 Å². The van der Waals surface area contributed by atoms with Crippen molar-refractivity contribution in [2.45, 2.75) is 13.8 Å². The number of benzene rings is 1. The van der Waals surface area contributed by atoms with Crippen LogP contribution in [0.4, 0.5) is 10.5 Å². The molecule has 0 aliphatic rings. The van der Waals surface area contributed by atoms with Crippen LogP contribution in [0.3, 0.4) is 0 Å². The molecule has 0 saturated carbocycles. The van der Waals surface area contributed by atoms with E-state index in [0.29, 0.717) is 18.0 Å². The van der Waals surface area contributed by atoms with Gasteiger partial charge in [-0.2, -0.15) is 5.10 Å². The van der Waals surface area contributed by atoms with E-state index in [-0.39, 0.29) is 0 Å². The van der Waals surface area contributed by atoms with E-state index in [4.69, 9.17) is 5.73 Å². The molecular weight excluding hydrogens is 206 g/mol. The Hall–Kier alpha value is -2.04. The summed E-state index contributed by atoms with van der Waals surface area (Å²) in [5.41, 5.74) is 10.1. The van der Waals surface area contributed by atoms with Crippen molar-refractivity contribution in [3.63, 3.8) is 0 Å². The number of anilines is 1. The first kappa shape index (κ1) is 12.0. The van der Waals surface area contributed by atoms with Gasteiger partial charge >= 0.3 is 6.09 Å². The van der Waals surface area contributed by atoms with Crippen molar-refractivity contribution in [1.82, 2.24) is 5.43 Å². The second kappa shape index (κ2) is 5.75. The molecule has 5 nitrogen and oxygen atoms in total. The van der Waals surface area contributed by atoms with Gasteiger partial charge in [-0.25, -0.2) is 10.2 Å². The highest BCUT2D eigenvalue weighted by atomic mass is 16.5. The number of nitrogens with two attached hydrogens (primary N) is 1. The summed E-state index contributed by atoms with van der Waals surface area (Å²) in [6.45, 7) is 3.84. The Kier molecular flexibility index (Phi) is 4.32. The molecule has 16 heavy (non-hydrogen) atoms. The van der Waals surface area contributed by atoms with E-state index in [9.17, 15) is 4.79 Å². The number of nitrogens with one attached hydrogen (secondary N) is 1. The Labute approximate surface area is 94.3 Å². The summed E-state index contributed by atoms with van der Waals surface area (Å²) in [5, 5.41) is 3.89. The molecule has 1 amide bonds. The Morgan fingerprint density at radius 3 is 2.62 bits per heavy atom. The fourth-order valence-electron chi connectivity index (χ4n) is 1.08. The van der Waals surface area contributed by atoms with Gasteiger partial charge in [0.1, 0.15) is 0 Å². The Balaban J connectivity index is 2.63. The lowest BCUT2D eigenvalue weighted by atomic mass is 10.1. The van der Waals surface area contributed by atoms with E-state index < -0.39 is 6.09 Å². The van der Waals surface area contributed by atoms with E-state index >= 15 is 0 Å². The molecule has 0 aromatic heterocycles. The quantitative estimate of drug-likeness (QED) is 0.463. The molecule has 0 atom stereocenters. The lowest BCUT2D eigenvalue weighted by Gasteiger charge is -2.03. The predicted octanol–water partition coefficient (Wildman–Crippen LogP) is 1.74. The smallest absolute Gasteiger partial charge is 0.427 e. The van der Waals surface area contributed by atoms with Gasteiger partial charge in [-0.3, -0.25) is 0 Å². The molecule has 0 aliphatic carbocycles. The third-order valence-corrected chi connectivity index (χ3v) is 1.92. The Morgan fingerprint density at radius 1 is 1.44 bits per heavy atom. The number of hydrazone groups is 1. The maximum Gasteiger partial charge on any atom is 0.427 e. The molecule has 0 radical (unpaired) electrons. The van der Waals surface area contributed by atoms with Crippen LogP contribution in [-0.4, -0.2) is 18.4 Å². The fraction of sp³-hybridized carbons (Fsp3) is 0.273. The van der Waals surface area contributed by atoms with Gasteiger partial charge in [-0.05, 0) is 31.5 Å². The summed E-state index contributed by atoms with van der Waals surface area (Å²) in [5.74, 6) is 0. The summed E-state index contributed by atoms with van der Waals surface area (Å²) >= 11 is 0. The molecule has 0 aliphatic heterocycles. The molecular formula is C11H15N3O2. The zero-order valence-corrected chi connectivity index (χ0v) is 9.36. The van der Waals surface area contributed by atoms with Gasteiger partial charge in [0.25, 0.3) is 0 Å². The van der Waals surface area contributed by atoms with Crippen LogP contribution in [-0.2, 0) is 4.74 Å². The van der Waals surface area contributed by atoms with E-state index in [1.165, 1.54) is 0 Å². The number of ether oxygens (including phenoxy) is 1. The van der Waals surface area contributed by atoms with Crippen LogP contribution in [0.2, 0.25) is 0 Å². The van der Waals surface area contributed by atoms with E-state index in [2.05, 4.69) is 15.3 Å². The summed E-state index contributed by atoms with van der Waals surface area (Å²) in [6.07, 6.45) is -0.558. The SMILES string of the molecule is CCOC(=O)NN=C(C)c1ccc(N)cc1. The molecule has 0 saturated heterocycles. The Morgan fingerprint density at radius 2 is 2.06 bits per heavy atom. The van der Waals surface area contributed by atoms with Crippen molar-refractivity contribution in [1.29, 1.82) is 0 Å². The van der Waals surface area contributed by atoms with Gasteiger partial charge in [0.05, 0.1) is 12.3 Å². The van der Waals surface area contributed by atoms with Gasteiger partial charge in [0, 0.05) is 5.69 Å². The number of carbonyl (C=O) groups excluding carboxylic acids is 1. The zero-order chi connectivity index (χ0) is 12.0. The van der Waals surface area contributed by atoms with Crippen LogP contribution in [0, 0.1) is 0 Å². The second-order valence-electron chi connectivity index (χ2n) is 3.15. The number of carbonyl (C=O) groups is 1. The van der Waals surface area contributed by atoms with Crippen molar-refractivity contribution in [2.24, 2.45) is 5.10 Å². The molecule has 1 aromatic carbocycles. The van der Waals surface area contributed by atoms with Crippen LogP contribution in [0.1, 0.15) is 19.4 Å². The topological polar surface area (TPSA) is 76.7 Å².